The summed E-state index contributed by atoms with van der Waals surface area (Å²) in [5.41, 5.74) is 3.00. The lowest BCUT2D eigenvalue weighted by Crippen LogP contribution is -2.22. The predicted octanol–water partition coefficient (Wildman–Crippen LogP) is 3.49. The SMILES string of the molecule is Cc1ccc(NC(=O)CNc2c(C)cccc2F)cc1. The van der Waals surface area contributed by atoms with Crippen LogP contribution in [-0.2, 0) is 4.79 Å². The van der Waals surface area contributed by atoms with Gasteiger partial charge >= 0.3 is 0 Å². The van der Waals surface area contributed by atoms with Crippen molar-refractivity contribution in [2.45, 2.75) is 13.8 Å². The Hall–Kier alpha value is -2.36. The van der Waals surface area contributed by atoms with E-state index in [4.69, 9.17) is 0 Å². The Morgan fingerprint density at radius 3 is 2.45 bits per heavy atom. The molecule has 0 bridgehead atoms. The van der Waals surface area contributed by atoms with E-state index in [1.807, 2.05) is 31.2 Å². The molecule has 0 unspecified atom stereocenters. The van der Waals surface area contributed by atoms with Crippen LogP contribution in [0.15, 0.2) is 42.5 Å². The molecule has 2 aromatic carbocycles. The number of rotatable bonds is 4. The molecule has 0 saturated carbocycles. The van der Waals surface area contributed by atoms with Gasteiger partial charge in [0.05, 0.1) is 12.2 Å². The van der Waals surface area contributed by atoms with Crippen molar-refractivity contribution >= 4 is 17.3 Å². The summed E-state index contributed by atoms with van der Waals surface area (Å²) in [7, 11) is 0. The maximum absolute atomic E-state index is 13.6. The van der Waals surface area contributed by atoms with Gasteiger partial charge in [-0.15, -0.1) is 0 Å². The molecule has 0 aromatic heterocycles. The minimum Gasteiger partial charge on any atom is -0.374 e. The van der Waals surface area contributed by atoms with E-state index >= 15 is 0 Å². The number of halogens is 1. The van der Waals surface area contributed by atoms with Gasteiger partial charge in [-0.2, -0.15) is 0 Å². The van der Waals surface area contributed by atoms with Crippen molar-refractivity contribution in [3.63, 3.8) is 0 Å². The van der Waals surface area contributed by atoms with Gasteiger partial charge in [0.15, 0.2) is 0 Å². The number of hydrogen-bond acceptors (Lipinski definition) is 2. The minimum absolute atomic E-state index is 0.0235. The first-order chi connectivity index (χ1) is 9.56. The zero-order chi connectivity index (χ0) is 14.5. The molecule has 0 spiro atoms. The highest BCUT2D eigenvalue weighted by Crippen LogP contribution is 2.18. The van der Waals surface area contributed by atoms with E-state index in [1.165, 1.54) is 6.07 Å². The summed E-state index contributed by atoms with van der Waals surface area (Å²) < 4.78 is 13.6. The van der Waals surface area contributed by atoms with Crippen molar-refractivity contribution in [2.24, 2.45) is 0 Å². The Kier molecular flexibility index (Phi) is 4.35. The maximum atomic E-state index is 13.6. The van der Waals surface area contributed by atoms with E-state index in [2.05, 4.69) is 10.6 Å². The molecule has 2 rings (SSSR count). The van der Waals surface area contributed by atoms with Gasteiger partial charge in [0.1, 0.15) is 5.82 Å². The molecule has 1 amide bonds. The zero-order valence-corrected chi connectivity index (χ0v) is 11.5. The number of hydrogen-bond donors (Lipinski definition) is 2. The van der Waals surface area contributed by atoms with E-state index in [0.717, 1.165) is 16.8 Å². The molecule has 3 nitrogen and oxygen atoms in total. The fourth-order valence-electron chi connectivity index (χ4n) is 1.87. The van der Waals surface area contributed by atoms with Crippen molar-refractivity contribution in [2.75, 3.05) is 17.2 Å². The first kappa shape index (κ1) is 14.1. The first-order valence-electron chi connectivity index (χ1n) is 6.42. The monoisotopic (exact) mass is 272 g/mol. The molecule has 0 radical (unpaired) electrons. The Labute approximate surface area is 117 Å². The molecule has 20 heavy (non-hydrogen) atoms. The van der Waals surface area contributed by atoms with Crippen LogP contribution in [0, 0.1) is 19.7 Å². The predicted molar refractivity (Wildman–Crippen MR) is 79.4 cm³/mol. The van der Waals surface area contributed by atoms with Crippen molar-refractivity contribution < 1.29 is 9.18 Å². The van der Waals surface area contributed by atoms with Gasteiger partial charge in [-0.1, -0.05) is 29.8 Å². The van der Waals surface area contributed by atoms with Crippen molar-refractivity contribution in [1.29, 1.82) is 0 Å². The Morgan fingerprint density at radius 1 is 1.10 bits per heavy atom. The molecular formula is C16H17FN2O. The van der Waals surface area contributed by atoms with E-state index in [9.17, 15) is 9.18 Å². The summed E-state index contributed by atoms with van der Waals surface area (Å²) >= 11 is 0. The lowest BCUT2D eigenvalue weighted by atomic mass is 10.2. The van der Waals surface area contributed by atoms with Gasteiger partial charge in [0, 0.05) is 5.69 Å². The van der Waals surface area contributed by atoms with Crippen LogP contribution >= 0.6 is 0 Å². The number of carbonyl (C=O) groups excluding carboxylic acids is 1. The molecule has 0 heterocycles. The third-order valence-corrected chi connectivity index (χ3v) is 2.98. The molecule has 0 aliphatic rings. The molecule has 104 valence electrons. The number of aryl methyl sites for hydroxylation is 2. The van der Waals surface area contributed by atoms with E-state index in [0.29, 0.717) is 5.69 Å². The third-order valence-electron chi connectivity index (χ3n) is 2.98. The molecule has 0 fully saturated rings. The molecular weight excluding hydrogens is 255 g/mol. The summed E-state index contributed by atoms with van der Waals surface area (Å²) in [6, 6.07) is 12.3. The minimum atomic E-state index is -0.354. The molecule has 2 N–H and O–H groups in total. The topological polar surface area (TPSA) is 41.1 Å². The Morgan fingerprint density at radius 2 is 1.80 bits per heavy atom. The summed E-state index contributed by atoms with van der Waals surface area (Å²) in [6.45, 7) is 3.80. The second-order valence-corrected chi connectivity index (χ2v) is 4.70. The van der Waals surface area contributed by atoms with Crippen LogP contribution in [0.1, 0.15) is 11.1 Å². The number of carbonyl (C=O) groups is 1. The molecule has 0 aliphatic carbocycles. The molecule has 0 aliphatic heterocycles. The third kappa shape index (κ3) is 3.57. The smallest absolute Gasteiger partial charge is 0.243 e. The standard InChI is InChI=1S/C16H17FN2O/c1-11-6-8-13(9-7-11)19-15(20)10-18-16-12(2)4-3-5-14(16)17/h3-9,18H,10H2,1-2H3,(H,19,20). The average molecular weight is 272 g/mol. The number of benzene rings is 2. The van der Waals surface area contributed by atoms with Crippen molar-refractivity contribution in [3.8, 4) is 0 Å². The van der Waals surface area contributed by atoms with Gasteiger partial charge < -0.3 is 10.6 Å². The fourth-order valence-corrected chi connectivity index (χ4v) is 1.87. The molecule has 4 heteroatoms. The molecule has 0 atom stereocenters. The summed E-state index contributed by atoms with van der Waals surface area (Å²) in [4.78, 5) is 11.8. The van der Waals surface area contributed by atoms with Gasteiger partial charge in [0.2, 0.25) is 5.91 Å². The van der Waals surface area contributed by atoms with Crippen molar-refractivity contribution in [1.82, 2.24) is 0 Å². The van der Waals surface area contributed by atoms with E-state index in [1.54, 1.807) is 19.1 Å². The lowest BCUT2D eigenvalue weighted by Gasteiger charge is -2.11. The quantitative estimate of drug-likeness (QED) is 0.894. The van der Waals surface area contributed by atoms with Crippen molar-refractivity contribution in [3.05, 3.63) is 59.4 Å². The first-order valence-corrected chi connectivity index (χ1v) is 6.42. The van der Waals surface area contributed by atoms with Crippen LogP contribution in [0.3, 0.4) is 0 Å². The van der Waals surface area contributed by atoms with Gasteiger partial charge in [-0.25, -0.2) is 4.39 Å². The summed E-state index contributed by atoms with van der Waals surface area (Å²) in [5.74, 6) is -0.565. The normalized spacial score (nSPS) is 10.2. The Bertz CT molecular complexity index is 588. The molecule has 0 saturated heterocycles. The van der Waals surface area contributed by atoms with Crippen LogP contribution in [0.25, 0.3) is 0 Å². The van der Waals surface area contributed by atoms with Gasteiger partial charge in [-0.05, 0) is 37.6 Å². The lowest BCUT2D eigenvalue weighted by molar-refractivity contribution is -0.114. The van der Waals surface area contributed by atoms with Crippen LogP contribution in [0.4, 0.5) is 15.8 Å². The molecule has 2 aromatic rings. The highest BCUT2D eigenvalue weighted by Gasteiger charge is 2.07. The second-order valence-electron chi connectivity index (χ2n) is 4.70. The van der Waals surface area contributed by atoms with Crippen LogP contribution in [0.2, 0.25) is 0 Å². The van der Waals surface area contributed by atoms with Gasteiger partial charge in [-0.3, -0.25) is 4.79 Å². The van der Waals surface area contributed by atoms with Crippen LogP contribution in [-0.4, -0.2) is 12.5 Å². The summed E-state index contributed by atoms with van der Waals surface area (Å²) in [6.07, 6.45) is 0. The number of amides is 1. The number of anilines is 2. The highest BCUT2D eigenvalue weighted by atomic mass is 19.1. The maximum Gasteiger partial charge on any atom is 0.243 e. The fraction of sp³-hybridized carbons (Fsp3) is 0.188. The average Bonchev–Trinajstić information content (AvgIpc) is 2.41. The van der Waals surface area contributed by atoms with E-state index in [-0.39, 0.29) is 18.3 Å². The summed E-state index contributed by atoms with van der Waals surface area (Å²) in [5, 5.41) is 5.58. The number of nitrogens with one attached hydrogen (secondary N) is 2. The van der Waals surface area contributed by atoms with Crippen LogP contribution < -0.4 is 10.6 Å². The van der Waals surface area contributed by atoms with Crippen LogP contribution in [0.5, 0.6) is 0 Å². The van der Waals surface area contributed by atoms with Gasteiger partial charge in [0.25, 0.3) is 0 Å². The highest BCUT2D eigenvalue weighted by molar-refractivity contribution is 5.93. The Balaban J connectivity index is 1.94. The largest absolute Gasteiger partial charge is 0.374 e. The zero-order valence-electron chi connectivity index (χ0n) is 11.5. The van der Waals surface area contributed by atoms with E-state index < -0.39 is 0 Å². The number of para-hydroxylation sites is 1. The second kappa shape index (κ2) is 6.19.